The van der Waals surface area contributed by atoms with Gasteiger partial charge in [0.1, 0.15) is 11.6 Å². The Labute approximate surface area is 121 Å². The molecule has 1 heterocycles. The summed E-state index contributed by atoms with van der Waals surface area (Å²) in [5.74, 6) is 1.54. The summed E-state index contributed by atoms with van der Waals surface area (Å²) in [6, 6.07) is 5.01. The normalized spacial score (nSPS) is 10.3. The molecule has 1 aromatic carbocycles. The third-order valence-electron chi connectivity index (χ3n) is 2.28. The number of benzene rings is 1. The molecule has 2 aromatic rings. The van der Waals surface area contributed by atoms with Gasteiger partial charge in [-0.25, -0.2) is 0 Å². The Morgan fingerprint density at radius 2 is 2.11 bits per heavy atom. The molecule has 4 nitrogen and oxygen atoms in total. The Balaban J connectivity index is 2.14. The summed E-state index contributed by atoms with van der Waals surface area (Å²) < 4.78 is 5.58. The van der Waals surface area contributed by atoms with Gasteiger partial charge in [0.2, 0.25) is 5.88 Å². The topological polar surface area (TPSA) is 47.0 Å². The van der Waals surface area contributed by atoms with E-state index >= 15 is 0 Å². The van der Waals surface area contributed by atoms with Crippen LogP contribution in [0.2, 0.25) is 10.0 Å². The fourth-order valence-corrected chi connectivity index (χ4v) is 1.85. The number of hydrogen-bond donors (Lipinski definition) is 1. The molecule has 0 saturated carbocycles. The predicted octanol–water partition coefficient (Wildman–Crippen LogP) is 4.40. The molecule has 19 heavy (non-hydrogen) atoms. The zero-order chi connectivity index (χ0) is 13.7. The quantitative estimate of drug-likeness (QED) is 0.889. The second-order valence-corrected chi connectivity index (χ2v) is 4.69. The zero-order valence-corrected chi connectivity index (χ0v) is 11.9. The fourth-order valence-electron chi connectivity index (χ4n) is 1.41. The summed E-state index contributed by atoms with van der Waals surface area (Å²) in [4.78, 5) is 8.34. The second kappa shape index (κ2) is 6.59. The van der Waals surface area contributed by atoms with E-state index in [1.54, 1.807) is 24.4 Å². The van der Waals surface area contributed by atoms with E-state index in [-0.39, 0.29) is 0 Å². The monoisotopic (exact) mass is 297 g/mol. The van der Waals surface area contributed by atoms with Crippen LogP contribution in [0.3, 0.4) is 0 Å². The molecule has 100 valence electrons. The average Bonchev–Trinajstić information content (AvgIpc) is 2.40. The van der Waals surface area contributed by atoms with Gasteiger partial charge in [-0.3, -0.25) is 4.98 Å². The third kappa shape index (κ3) is 3.98. The van der Waals surface area contributed by atoms with Crippen LogP contribution in [0.25, 0.3) is 0 Å². The van der Waals surface area contributed by atoms with Crippen molar-refractivity contribution >= 4 is 29.0 Å². The van der Waals surface area contributed by atoms with E-state index in [2.05, 4.69) is 22.2 Å². The highest BCUT2D eigenvalue weighted by molar-refractivity contribution is 6.35. The van der Waals surface area contributed by atoms with Gasteiger partial charge < -0.3 is 10.1 Å². The van der Waals surface area contributed by atoms with Gasteiger partial charge >= 0.3 is 0 Å². The van der Waals surface area contributed by atoms with Gasteiger partial charge in [-0.2, -0.15) is 4.98 Å². The van der Waals surface area contributed by atoms with E-state index in [4.69, 9.17) is 27.9 Å². The first-order valence-electron chi connectivity index (χ1n) is 5.88. The predicted molar refractivity (Wildman–Crippen MR) is 77.3 cm³/mol. The maximum absolute atomic E-state index is 6.03. The first-order chi connectivity index (χ1) is 9.19. The molecule has 0 unspecified atom stereocenters. The Morgan fingerprint density at radius 3 is 2.84 bits per heavy atom. The number of hydrogen-bond acceptors (Lipinski definition) is 4. The molecule has 0 aliphatic carbocycles. The van der Waals surface area contributed by atoms with Crippen LogP contribution >= 0.6 is 23.2 Å². The molecule has 6 heteroatoms. The smallest absolute Gasteiger partial charge is 0.239 e. The maximum atomic E-state index is 6.03. The number of aromatic nitrogens is 2. The first-order valence-corrected chi connectivity index (χ1v) is 6.63. The van der Waals surface area contributed by atoms with Crippen molar-refractivity contribution < 1.29 is 4.74 Å². The lowest BCUT2D eigenvalue weighted by Crippen LogP contribution is -2.03. The number of halogens is 2. The number of nitrogens with zero attached hydrogens (tertiary/aromatic N) is 2. The van der Waals surface area contributed by atoms with Crippen LogP contribution in [-0.4, -0.2) is 16.5 Å². The van der Waals surface area contributed by atoms with E-state index in [9.17, 15) is 0 Å². The van der Waals surface area contributed by atoms with E-state index in [1.165, 1.54) is 6.20 Å². The zero-order valence-electron chi connectivity index (χ0n) is 10.4. The molecule has 0 saturated heterocycles. The van der Waals surface area contributed by atoms with Gasteiger partial charge in [0, 0.05) is 11.6 Å². The number of anilines is 1. The van der Waals surface area contributed by atoms with Crippen LogP contribution < -0.4 is 10.1 Å². The highest BCUT2D eigenvalue weighted by Gasteiger charge is 2.06. The van der Waals surface area contributed by atoms with Crippen LogP contribution in [-0.2, 0) is 0 Å². The van der Waals surface area contributed by atoms with Crippen molar-refractivity contribution in [3.8, 4) is 11.6 Å². The lowest BCUT2D eigenvalue weighted by molar-refractivity contribution is 0.461. The largest absolute Gasteiger partial charge is 0.436 e. The van der Waals surface area contributed by atoms with E-state index in [0.29, 0.717) is 27.5 Å². The molecule has 0 bridgehead atoms. The number of nitrogens with one attached hydrogen (secondary N) is 1. The fraction of sp³-hybridized carbons (Fsp3) is 0.231. The minimum Gasteiger partial charge on any atom is -0.436 e. The van der Waals surface area contributed by atoms with Crippen LogP contribution in [0.4, 0.5) is 5.82 Å². The van der Waals surface area contributed by atoms with Crippen LogP contribution in [0.15, 0.2) is 30.6 Å². The third-order valence-corrected chi connectivity index (χ3v) is 2.81. The number of rotatable bonds is 5. The van der Waals surface area contributed by atoms with Gasteiger partial charge in [-0.15, -0.1) is 0 Å². The molecular formula is C13H13Cl2N3O. The van der Waals surface area contributed by atoms with Crippen LogP contribution in [0.1, 0.15) is 13.3 Å². The van der Waals surface area contributed by atoms with Crippen LogP contribution in [0, 0.1) is 0 Å². The van der Waals surface area contributed by atoms with Gasteiger partial charge in [0.15, 0.2) is 0 Å². The lowest BCUT2D eigenvalue weighted by Gasteiger charge is -2.08. The Bertz CT molecular complexity index is 563. The Morgan fingerprint density at radius 1 is 1.26 bits per heavy atom. The molecule has 2 rings (SSSR count). The standard InChI is InChI=1S/C13H13Cl2N3O/c1-2-5-17-12-7-16-8-13(18-12)19-11-4-3-9(14)6-10(11)15/h3-4,6-8H,2,5H2,1H3,(H,17,18). The molecule has 0 aliphatic rings. The SMILES string of the molecule is CCCNc1cncc(Oc2ccc(Cl)cc2Cl)n1. The minimum atomic E-state index is 0.380. The maximum Gasteiger partial charge on any atom is 0.239 e. The average molecular weight is 298 g/mol. The molecule has 1 aromatic heterocycles. The summed E-state index contributed by atoms with van der Waals surface area (Å²) in [5.41, 5.74) is 0. The summed E-state index contributed by atoms with van der Waals surface area (Å²) >= 11 is 11.9. The lowest BCUT2D eigenvalue weighted by atomic mass is 10.3. The highest BCUT2D eigenvalue weighted by atomic mass is 35.5. The second-order valence-electron chi connectivity index (χ2n) is 3.85. The molecular weight excluding hydrogens is 285 g/mol. The Hall–Kier alpha value is -1.52. The molecule has 0 spiro atoms. The van der Waals surface area contributed by atoms with Crippen molar-refractivity contribution in [2.45, 2.75) is 13.3 Å². The molecule has 0 atom stereocenters. The number of ether oxygens (including phenoxy) is 1. The van der Waals surface area contributed by atoms with E-state index in [0.717, 1.165) is 13.0 Å². The van der Waals surface area contributed by atoms with Gasteiger partial charge in [-0.05, 0) is 24.6 Å². The van der Waals surface area contributed by atoms with Gasteiger partial charge in [0.25, 0.3) is 0 Å². The first kappa shape index (κ1) is 13.9. The van der Waals surface area contributed by atoms with Gasteiger partial charge in [-0.1, -0.05) is 30.1 Å². The van der Waals surface area contributed by atoms with Crippen molar-refractivity contribution in [3.05, 3.63) is 40.6 Å². The van der Waals surface area contributed by atoms with Crippen molar-refractivity contribution in [2.24, 2.45) is 0 Å². The van der Waals surface area contributed by atoms with Crippen LogP contribution in [0.5, 0.6) is 11.6 Å². The summed E-state index contributed by atoms with van der Waals surface area (Å²) in [5, 5.41) is 4.13. The van der Waals surface area contributed by atoms with Crippen molar-refractivity contribution in [1.29, 1.82) is 0 Å². The van der Waals surface area contributed by atoms with E-state index in [1.807, 2.05) is 0 Å². The van der Waals surface area contributed by atoms with Crippen molar-refractivity contribution in [2.75, 3.05) is 11.9 Å². The van der Waals surface area contributed by atoms with Gasteiger partial charge in [0.05, 0.1) is 17.4 Å². The molecule has 0 fully saturated rings. The van der Waals surface area contributed by atoms with Crippen molar-refractivity contribution in [3.63, 3.8) is 0 Å². The molecule has 0 aliphatic heterocycles. The molecule has 0 amide bonds. The summed E-state index contributed by atoms with van der Waals surface area (Å²) in [7, 11) is 0. The van der Waals surface area contributed by atoms with Crippen molar-refractivity contribution in [1.82, 2.24) is 9.97 Å². The molecule has 0 radical (unpaired) electrons. The molecule has 1 N–H and O–H groups in total. The minimum absolute atomic E-state index is 0.380. The Kier molecular flexibility index (Phi) is 4.82. The van der Waals surface area contributed by atoms with E-state index < -0.39 is 0 Å². The summed E-state index contributed by atoms with van der Waals surface area (Å²) in [6.07, 6.45) is 4.18. The highest BCUT2D eigenvalue weighted by Crippen LogP contribution is 2.30. The summed E-state index contributed by atoms with van der Waals surface area (Å²) in [6.45, 7) is 2.91.